The normalized spacial score (nSPS) is 14.5. The molecule has 0 bridgehead atoms. The number of fused-ring (bicyclic) bond motifs is 1. The van der Waals surface area contributed by atoms with Crippen molar-refractivity contribution >= 4 is 11.7 Å². The number of nitrogens with two attached hydrogens (primary N) is 1. The van der Waals surface area contributed by atoms with E-state index in [-0.39, 0.29) is 0 Å². The number of hydrogen-bond donors (Lipinski definition) is 1. The molecule has 0 aliphatic carbocycles. The average molecular weight is 263 g/mol. The number of carbonyl (C=O) groups is 1. The Hall–Kier alpha value is -1.55. The highest BCUT2D eigenvalue weighted by Gasteiger charge is 2.12. The Labute approximate surface area is 115 Å². The topological polar surface area (TPSA) is 69.4 Å². The Kier molecular flexibility index (Phi) is 6.97. The first-order chi connectivity index (χ1) is 9.15. The maximum Gasteiger partial charge on any atom is 0.0399 e. The lowest BCUT2D eigenvalue weighted by Crippen LogP contribution is -2.31. The molecule has 0 atom stereocenters. The summed E-state index contributed by atoms with van der Waals surface area (Å²) in [5.41, 5.74) is 8.56. The van der Waals surface area contributed by atoms with Crippen LogP contribution >= 0.6 is 0 Å². The zero-order valence-corrected chi connectivity index (χ0v) is 11.6. The van der Waals surface area contributed by atoms with Gasteiger partial charge >= 0.3 is 0 Å². The predicted octanol–water partition coefficient (Wildman–Crippen LogP) is 0.934. The summed E-state index contributed by atoms with van der Waals surface area (Å²) in [6, 6.07) is 8.76. The zero-order valence-electron chi connectivity index (χ0n) is 11.6. The van der Waals surface area contributed by atoms with Gasteiger partial charge in [-0.3, -0.25) is 0 Å². The van der Waals surface area contributed by atoms with E-state index in [2.05, 4.69) is 29.2 Å². The molecule has 1 aliphatic rings. The monoisotopic (exact) mass is 263 g/mol. The van der Waals surface area contributed by atoms with Gasteiger partial charge in [0.25, 0.3) is 0 Å². The van der Waals surface area contributed by atoms with Crippen LogP contribution in [0.4, 0.5) is 5.69 Å². The van der Waals surface area contributed by atoms with Gasteiger partial charge in [0.2, 0.25) is 0 Å². The second-order valence-corrected chi connectivity index (χ2v) is 4.71. The number of carbonyl (C=O) groups excluding carboxylic acids is 1. The number of carboxylic acid groups (broad SMARTS) is 1. The molecule has 19 heavy (non-hydrogen) atoms. The van der Waals surface area contributed by atoms with Gasteiger partial charge in [0.15, 0.2) is 0 Å². The first-order valence-corrected chi connectivity index (χ1v) is 6.85. The number of aliphatic carboxylic acids is 1. The fourth-order valence-electron chi connectivity index (χ4n) is 2.33. The molecule has 0 saturated carbocycles. The average Bonchev–Trinajstić information content (AvgIpc) is 2.34. The van der Waals surface area contributed by atoms with Crippen LogP contribution in [0.2, 0.25) is 0 Å². The molecule has 0 amide bonds. The van der Waals surface area contributed by atoms with Crippen LogP contribution in [0, 0.1) is 0 Å². The van der Waals surface area contributed by atoms with E-state index >= 15 is 0 Å². The summed E-state index contributed by atoms with van der Waals surface area (Å²) in [7, 11) is 0. The predicted molar refractivity (Wildman–Crippen MR) is 75.9 cm³/mol. The first kappa shape index (κ1) is 15.5. The number of carboxylic acids is 1. The standard InChI is InChI=1S/C13H20N2.C2H4O2/c14-9-11-15-10-5-1-2-6-12-7-3-4-8-13(12)15;1-2(3)4/h3-4,7-8H,1-2,5-6,9-11,14H2;1H3,(H,3,4)/p-1. The van der Waals surface area contributed by atoms with E-state index < -0.39 is 5.97 Å². The summed E-state index contributed by atoms with van der Waals surface area (Å²) in [6.45, 7) is 3.86. The van der Waals surface area contributed by atoms with E-state index in [1.807, 2.05) is 0 Å². The van der Waals surface area contributed by atoms with Gasteiger partial charge < -0.3 is 20.5 Å². The molecule has 0 radical (unpaired) electrons. The van der Waals surface area contributed by atoms with Gasteiger partial charge in [0.1, 0.15) is 0 Å². The number of rotatable bonds is 2. The molecule has 2 rings (SSSR count). The third-order valence-corrected chi connectivity index (χ3v) is 3.11. The smallest absolute Gasteiger partial charge is 0.0399 e. The molecule has 2 N–H and O–H groups in total. The molecular formula is C15H23N2O2-. The highest BCUT2D eigenvalue weighted by Crippen LogP contribution is 2.24. The van der Waals surface area contributed by atoms with Gasteiger partial charge in [-0.15, -0.1) is 0 Å². The van der Waals surface area contributed by atoms with Gasteiger partial charge in [-0.25, -0.2) is 0 Å². The van der Waals surface area contributed by atoms with Crippen LogP contribution in [0.25, 0.3) is 0 Å². The molecule has 1 aliphatic heterocycles. The lowest BCUT2D eigenvalue weighted by Gasteiger charge is -2.28. The number of aryl methyl sites for hydroxylation is 1. The largest absolute Gasteiger partial charge is 0.550 e. The third-order valence-electron chi connectivity index (χ3n) is 3.11. The van der Waals surface area contributed by atoms with Crippen LogP contribution in [-0.2, 0) is 11.2 Å². The number of anilines is 1. The van der Waals surface area contributed by atoms with Gasteiger partial charge in [-0.05, 0) is 37.8 Å². The molecule has 0 saturated heterocycles. The quantitative estimate of drug-likeness (QED) is 0.862. The van der Waals surface area contributed by atoms with E-state index in [0.29, 0.717) is 0 Å². The summed E-state index contributed by atoms with van der Waals surface area (Å²) in [5, 5.41) is 8.89. The van der Waals surface area contributed by atoms with E-state index in [0.717, 1.165) is 26.6 Å². The Bertz CT molecular complexity index is 389. The van der Waals surface area contributed by atoms with Crippen molar-refractivity contribution < 1.29 is 9.90 Å². The lowest BCUT2D eigenvalue weighted by atomic mass is 10.0. The number of benzene rings is 1. The van der Waals surface area contributed by atoms with Crippen LogP contribution in [0.3, 0.4) is 0 Å². The minimum absolute atomic E-state index is 0.744. The highest BCUT2D eigenvalue weighted by molar-refractivity contribution is 5.60. The van der Waals surface area contributed by atoms with Crippen LogP contribution in [0.1, 0.15) is 31.7 Å². The maximum absolute atomic E-state index is 8.89. The minimum Gasteiger partial charge on any atom is -0.550 e. The lowest BCUT2D eigenvalue weighted by molar-refractivity contribution is -0.302. The Morgan fingerprint density at radius 3 is 2.68 bits per heavy atom. The van der Waals surface area contributed by atoms with Crippen molar-refractivity contribution in [1.82, 2.24) is 0 Å². The summed E-state index contributed by atoms with van der Waals surface area (Å²) in [5.74, 6) is -1.08. The van der Waals surface area contributed by atoms with Crippen LogP contribution in [0.15, 0.2) is 24.3 Å². The SMILES string of the molecule is CC(=O)[O-].NCCN1CCCCCc2ccccc21. The molecule has 1 aromatic carbocycles. The number of para-hydroxylation sites is 1. The fourth-order valence-corrected chi connectivity index (χ4v) is 2.33. The molecule has 1 heterocycles. The van der Waals surface area contributed by atoms with Crippen molar-refractivity contribution in [2.45, 2.75) is 32.6 Å². The van der Waals surface area contributed by atoms with Crippen LogP contribution < -0.4 is 15.7 Å². The van der Waals surface area contributed by atoms with Gasteiger partial charge in [0, 0.05) is 31.3 Å². The Morgan fingerprint density at radius 2 is 2.00 bits per heavy atom. The van der Waals surface area contributed by atoms with E-state index in [1.165, 1.54) is 36.9 Å². The van der Waals surface area contributed by atoms with Crippen molar-refractivity contribution in [3.63, 3.8) is 0 Å². The fraction of sp³-hybridized carbons (Fsp3) is 0.533. The summed E-state index contributed by atoms with van der Waals surface area (Å²) < 4.78 is 0. The minimum atomic E-state index is -1.08. The van der Waals surface area contributed by atoms with Crippen LogP contribution in [-0.4, -0.2) is 25.6 Å². The summed E-state index contributed by atoms with van der Waals surface area (Å²) in [6.07, 6.45) is 5.19. The Morgan fingerprint density at radius 1 is 1.32 bits per heavy atom. The summed E-state index contributed by atoms with van der Waals surface area (Å²) >= 11 is 0. The molecule has 0 spiro atoms. The van der Waals surface area contributed by atoms with Crippen molar-refractivity contribution in [2.24, 2.45) is 5.73 Å². The van der Waals surface area contributed by atoms with Gasteiger partial charge in [0.05, 0.1) is 0 Å². The number of nitrogens with zero attached hydrogens (tertiary/aromatic N) is 1. The molecule has 0 unspecified atom stereocenters. The maximum atomic E-state index is 8.89. The summed E-state index contributed by atoms with van der Waals surface area (Å²) in [4.78, 5) is 11.3. The van der Waals surface area contributed by atoms with E-state index in [4.69, 9.17) is 15.6 Å². The van der Waals surface area contributed by atoms with Gasteiger partial charge in [-0.1, -0.05) is 24.6 Å². The van der Waals surface area contributed by atoms with Gasteiger partial charge in [-0.2, -0.15) is 0 Å². The van der Waals surface area contributed by atoms with Crippen LogP contribution in [0.5, 0.6) is 0 Å². The third kappa shape index (κ3) is 5.75. The van der Waals surface area contributed by atoms with Crippen molar-refractivity contribution in [1.29, 1.82) is 0 Å². The second kappa shape index (κ2) is 8.53. The molecule has 0 aromatic heterocycles. The molecule has 0 fully saturated rings. The molecule has 4 heteroatoms. The molecule has 4 nitrogen and oxygen atoms in total. The first-order valence-electron chi connectivity index (χ1n) is 6.85. The Balaban J connectivity index is 0.000000399. The van der Waals surface area contributed by atoms with E-state index in [1.54, 1.807) is 0 Å². The molecule has 1 aromatic rings. The van der Waals surface area contributed by atoms with E-state index in [9.17, 15) is 0 Å². The number of hydrogen-bond acceptors (Lipinski definition) is 4. The molecular weight excluding hydrogens is 240 g/mol. The highest BCUT2D eigenvalue weighted by atomic mass is 16.4. The van der Waals surface area contributed by atoms with Crippen molar-refractivity contribution in [3.05, 3.63) is 29.8 Å². The molecule has 106 valence electrons. The second-order valence-electron chi connectivity index (χ2n) is 4.71. The zero-order chi connectivity index (χ0) is 14.1. The van der Waals surface area contributed by atoms with Crippen molar-refractivity contribution in [2.75, 3.05) is 24.5 Å². The van der Waals surface area contributed by atoms with Crippen molar-refractivity contribution in [3.8, 4) is 0 Å².